The highest BCUT2D eigenvalue weighted by molar-refractivity contribution is 5.95. The zero-order valence-electron chi connectivity index (χ0n) is 12.7. The van der Waals surface area contributed by atoms with E-state index in [1.165, 1.54) is 0 Å². The number of H-pyrrole nitrogens is 1. The van der Waals surface area contributed by atoms with Crippen LogP contribution in [0.2, 0.25) is 0 Å². The number of benzene rings is 1. The van der Waals surface area contributed by atoms with E-state index >= 15 is 0 Å². The second-order valence-electron chi connectivity index (χ2n) is 5.75. The Kier molecular flexibility index (Phi) is 4.53. The van der Waals surface area contributed by atoms with Gasteiger partial charge in [-0.1, -0.05) is 12.1 Å². The van der Waals surface area contributed by atoms with Crippen molar-refractivity contribution in [3.05, 3.63) is 42.2 Å². The number of aromatic amines is 1. The molecular weight excluding hydrogens is 278 g/mol. The first kappa shape index (κ1) is 14.8. The normalized spacial score (nSPS) is 21.5. The van der Waals surface area contributed by atoms with Crippen LogP contribution in [-0.4, -0.2) is 35.4 Å². The van der Waals surface area contributed by atoms with Crippen molar-refractivity contribution in [1.29, 1.82) is 0 Å². The van der Waals surface area contributed by atoms with E-state index in [1.807, 2.05) is 30.5 Å². The maximum atomic E-state index is 12.4. The SMILES string of the molecule is COC1CCC(NC(=O)c2cccc(-c3cn[nH]c3)c2)CC1. The number of amides is 1. The lowest BCUT2D eigenvalue weighted by molar-refractivity contribution is 0.0599. The van der Waals surface area contributed by atoms with E-state index in [0.717, 1.165) is 36.8 Å². The predicted molar refractivity (Wildman–Crippen MR) is 84.5 cm³/mol. The fraction of sp³-hybridized carbons (Fsp3) is 0.412. The van der Waals surface area contributed by atoms with Gasteiger partial charge in [0.05, 0.1) is 12.3 Å². The number of aromatic nitrogens is 2. The summed E-state index contributed by atoms with van der Waals surface area (Å²) < 4.78 is 5.36. The summed E-state index contributed by atoms with van der Waals surface area (Å²) in [4.78, 5) is 12.4. The Labute approximate surface area is 130 Å². The van der Waals surface area contributed by atoms with Gasteiger partial charge < -0.3 is 10.1 Å². The van der Waals surface area contributed by atoms with Crippen molar-refractivity contribution in [3.63, 3.8) is 0 Å². The lowest BCUT2D eigenvalue weighted by Crippen LogP contribution is -2.38. The molecule has 0 spiro atoms. The summed E-state index contributed by atoms with van der Waals surface area (Å²) in [5.41, 5.74) is 2.66. The van der Waals surface area contributed by atoms with Gasteiger partial charge in [0.2, 0.25) is 0 Å². The highest BCUT2D eigenvalue weighted by Crippen LogP contribution is 2.22. The molecule has 5 heteroatoms. The van der Waals surface area contributed by atoms with Crippen LogP contribution in [0.1, 0.15) is 36.0 Å². The largest absolute Gasteiger partial charge is 0.381 e. The molecule has 1 aromatic carbocycles. The standard InChI is InChI=1S/C17H21N3O2/c1-22-16-7-5-15(6-8-16)20-17(21)13-4-2-3-12(9-13)14-10-18-19-11-14/h2-4,9-11,15-16H,5-8H2,1H3,(H,18,19)(H,20,21). The van der Waals surface area contributed by atoms with Crippen molar-refractivity contribution in [3.8, 4) is 11.1 Å². The van der Waals surface area contributed by atoms with Crippen LogP contribution in [-0.2, 0) is 4.74 Å². The van der Waals surface area contributed by atoms with Crippen LogP contribution < -0.4 is 5.32 Å². The molecule has 1 aliphatic rings. The Morgan fingerprint density at radius 2 is 2.09 bits per heavy atom. The molecule has 0 bridgehead atoms. The molecule has 22 heavy (non-hydrogen) atoms. The summed E-state index contributed by atoms with van der Waals surface area (Å²) >= 11 is 0. The van der Waals surface area contributed by atoms with Gasteiger partial charge in [-0.3, -0.25) is 9.89 Å². The maximum absolute atomic E-state index is 12.4. The number of ether oxygens (including phenoxy) is 1. The molecule has 2 aromatic rings. The minimum absolute atomic E-state index is 0.00814. The molecule has 116 valence electrons. The van der Waals surface area contributed by atoms with Crippen LogP contribution in [0, 0.1) is 0 Å². The van der Waals surface area contributed by atoms with E-state index in [9.17, 15) is 4.79 Å². The Morgan fingerprint density at radius 3 is 2.77 bits per heavy atom. The van der Waals surface area contributed by atoms with E-state index in [2.05, 4.69) is 15.5 Å². The molecule has 0 atom stereocenters. The van der Waals surface area contributed by atoms with E-state index in [4.69, 9.17) is 4.74 Å². The van der Waals surface area contributed by atoms with Gasteiger partial charge >= 0.3 is 0 Å². The lowest BCUT2D eigenvalue weighted by atomic mass is 9.92. The summed E-state index contributed by atoms with van der Waals surface area (Å²) in [5, 5.41) is 9.87. The number of hydrogen-bond acceptors (Lipinski definition) is 3. The van der Waals surface area contributed by atoms with Crippen molar-refractivity contribution in [2.75, 3.05) is 7.11 Å². The summed E-state index contributed by atoms with van der Waals surface area (Å²) in [7, 11) is 1.75. The van der Waals surface area contributed by atoms with Crippen molar-refractivity contribution >= 4 is 5.91 Å². The Hall–Kier alpha value is -2.14. The molecule has 1 aromatic heterocycles. The number of hydrogen-bond donors (Lipinski definition) is 2. The topological polar surface area (TPSA) is 67.0 Å². The average Bonchev–Trinajstić information content (AvgIpc) is 3.10. The van der Waals surface area contributed by atoms with Gasteiger partial charge in [0.1, 0.15) is 0 Å². The third-order valence-electron chi connectivity index (χ3n) is 4.30. The molecule has 3 rings (SSSR count). The Bertz CT molecular complexity index is 617. The highest BCUT2D eigenvalue weighted by Gasteiger charge is 2.22. The Morgan fingerprint density at radius 1 is 1.27 bits per heavy atom. The van der Waals surface area contributed by atoms with Crippen LogP contribution in [0.4, 0.5) is 0 Å². The van der Waals surface area contributed by atoms with Crippen molar-refractivity contribution in [2.24, 2.45) is 0 Å². The van der Waals surface area contributed by atoms with Gasteiger partial charge in [-0.05, 0) is 43.4 Å². The van der Waals surface area contributed by atoms with Crippen LogP contribution >= 0.6 is 0 Å². The van der Waals surface area contributed by atoms with Gasteiger partial charge in [-0.15, -0.1) is 0 Å². The molecule has 1 amide bonds. The van der Waals surface area contributed by atoms with E-state index in [-0.39, 0.29) is 11.9 Å². The van der Waals surface area contributed by atoms with Crippen LogP contribution in [0.15, 0.2) is 36.7 Å². The van der Waals surface area contributed by atoms with Gasteiger partial charge in [0, 0.05) is 30.5 Å². The fourth-order valence-corrected chi connectivity index (χ4v) is 2.96. The minimum atomic E-state index is -0.00814. The highest BCUT2D eigenvalue weighted by atomic mass is 16.5. The monoisotopic (exact) mass is 299 g/mol. The predicted octanol–water partition coefficient (Wildman–Crippen LogP) is 2.76. The first-order valence-electron chi connectivity index (χ1n) is 7.69. The number of nitrogens with one attached hydrogen (secondary N) is 2. The first-order valence-corrected chi connectivity index (χ1v) is 7.69. The minimum Gasteiger partial charge on any atom is -0.381 e. The van der Waals surface area contributed by atoms with Gasteiger partial charge in [0.15, 0.2) is 0 Å². The number of carbonyl (C=O) groups is 1. The second-order valence-corrected chi connectivity index (χ2v) is 5.75. The fourth-order valence-electron chi connectivity index (χ4n) is 2.96. The summed E-state index contributed by atoms with van der Waals surface area (Å²) in [6, 6.07) is 7.88. The molecule has 0 saturated heterocycles. The second kappa shape index (κ2) is 6.75. The van der Waals surface area contributed by atoms with Crippen LogP contribution in [0.5, 0.6) is 0 Å². The molecule has 0 radical (unpaired) electrons. The molecule has 2 N–H and O–H groups in total. The van der Waals surface area contributed by atoms with E-state index < -0.39 is 0 Å². The smallest absolute Gasteiger partial charge is 0.251 e. The number of nitrogens with zero attached hydrogens (tertiary/aromatic N) is 1. The number of rotatable bonds is 4. The summed E-state index contributed by atoms with van der Waals surface area (Å²) in [6.45, 7) is 0. The molecule has 1 aliphatic carbocycles. The van der Waals surface area contributed by atoms with Crippen molar-refractivity contribution in [1.82, 2.24) is 15.5 Å². The third-order valence-corrected chi connectivity index (χ3v) is 4.30. The molecule has 0 aliphatic heterocycles. The molecular formula is C17H21N3O2. The molecule has 5 nitrogen and oxygen atoms in total. The molecule has 1 fully saturated rings. The van der Waals surface area contributed by atoms with Crippen molar-refractivity contribution < 1.29 is 9.53 Å². The zero-order valence-corrected chi connectivity index (χ0v) is 12.7. The van der Waals surface area contributed by atoms with Gasteiger partial charge in [0.25, 0.3) is 5.91 Å². The zero-order chi connectivity index (χ0) is 15.4. The van der Waals surface area contributed by atoms with Crippen LogP contribution in [0.3, 0.4) is 0 Å². The number of carbonyl (C=O) groups excluding carboxylic acids is 1. The Balaban J connectivity index is 1.64. The third kappa shape index (κ3) is 3.36. The average molecular weight is 299 g/mol. The van der Waals surface area contributed by atoms with Gasteiger partial charge in [-0.2, -0.15) is 5.10 Å². The quantitative estimate of drug-likeness (QED) is 0.912. The summed E-state index contributed by atoms with van der Waals surface area (Å²) in [6.07, 6.45) is 7.90. The van der Waals surface area contributed by atoms with Crippen LogP contribution in [0.25, 0.3) is 11.1 Å². The van der Waals surface area contributed by atoms with E-state index in [0.29, 0.717) is 11.7 Å². The molecule has 1 heterocycles. The lowest BCUT2D eigenvalue weighted by Gasteiger charge is -2.28. The molecule has 1 saturated carbocycles. The van der Waals surface area contributed by atoms with E-state index in [1.54, 1.807) is 13.3 Å². The molecule has 0 unspecified atom stereocenters. The first-order chi connectivity index (χ1) is 10.8. The number of methoxy groups -OCH3 is 1. The summed E-state index contributed by atoms with van der Waals surface area (Å²) in [5.74, 6) is -0.00814. The van der Waals surface area contributed by atoms with Gasteiger partial charge in [-0.25, -0.2) is 0 Å². The van der Waals surface area contributed by atoms with Crippen molar-refractivity contribution in [2.45, 2.75) is 37.8 Å². The maximum Gasteiger partial charge on any atom is 0.251 e.